The summed E-state index contributed by atoms with van der Waals surface area (Å²) >= 11 is 1.46. The van der Waals surface area contributed by atoms with E-state index in [9.17, 15) is 4.79 Å². The van der Waals surface area contributed by atoms with Gasteiger partial charge < -0.3 is 9.32 Å². The van der Waals surface area contributed by atoms with Crippen molar-refractivity contribution in [3.63, 3.8) is 0 Å². The van der Waals surface area contributed by atoms with Gasteiger partial charge in [0, 0.05) is 37.1 Å². The second-order valence-corrected chi connectivity index (χ2v) is 10.7. The second-order valence-electron chi connectivity index (χ2n) is 9.62. The monoisotopic (exact) mass is 544 g/mol. The zero-order valence-electron chi connectivity index (χ0n) is 22.6. The number of hydrogen-bond donors (Lipinski definition) is 0. The number of fused-ring (bicyclic) bond motifs is 2. The topological polar surface area (TPSA) is 42.3 Å². The number of oxazole rings is 1. The van der Waals surface area contributed by atoms with Gasteiger partial charge in [0.25, 0.3) is 11.1 Å². The van der Waals surface area contributed by atoms with Crippen LogP contribution in [-0.2, 0) is 13.1 Å². The summed E-state index contributed by atoms with van der Waals surface area (Å²) in [6.45, 7) is 7.14. The Morgan fingerprint density at radius 2 is 1.80 bits per heavy atom. The average molecular weight is 545 g/mol. The molecule has 0 atom stereocenters. The van der Waals surface area contributed by atoms with Crippen LogP contribution in [0, 0.1) is 0 Å². The summed E-state index contributed by atoms with van der Waals surface area (Å²) in [5, 5.41) is 0. The normalized spacial score (nSPS) is 14.8. The molecular formula is C34H30N3O2S+. The maximum Gasteiger partial charge on any atom is 0.377 e. The molecule has 1 aliphatic rings. The number of nitrogens with zero attached hydrogens (tertiary/aromatic N) is 3. The molecule has 198 valence electrons. The van der Waals surface area contributed by atoms with Crippen LogP contribution < -0.4 is 24.2 Å². The van der Waals surface area contributed by atoms with Gasteiger partial charge >= 0.3 is 5.89 Å². The van der Waals surface area contributed by atoms with Crippen LogP contribution in [0.2, 0.25) is 0 Å². The van der Waals surface area contributed by atoms with E-state index in [2.05, 4.69) is 65.4 Å². The highest BCUT2D eigenvalue weighted by atomic mass is 32.1. The number of aromatic nitrogens is 2. The van der Waals surface area contributed by atoms with Crippen LogP contribution in [0.3, 0.4) is 0 Å². The van der Waals surface area contributed by atoms with Crippen LogP contribution in [0.5, 0.6) is 0 Å². The van der Waals surface area contributed by atoms with Gasteiger partial charge in [0.1, 0.15) is 11.2 Å². The molecule has 6 rings (SSSR count). The van der Waals surface area contributed by atoms with E-state index in [4.69, 9.17) is 4.42 Å². The van der Waals surface area contributed by atoms with E-state index in [1.165, 1.54) is 11.3 Å². The molecule has 0 N–H and O–H groups in total. The van der Waals surface area contributed by atoms with Gasteiger partial charge in [0.05, 0.1) is 10.6 Å². The molecule has 0 aliphatic carbocycles. The number of hydrogen-bond acceptors (Lipinski definition) is 4. The minimum absolute atomic E-state index is 0.0382. The van der Waals surface area contributed by atoms with Gasteiger partial charge in [0.2, 0.25) is 5.58 Å². The maximum absolute atomic E-state index is 13.4. The first kappa shape index (κ1) is 25.6. The third-order valence-electron chi connectivity index (χ3n) is 7.14. The highest BCUT2D eigenvalue weighted by molar-refractivity contribution is 7.07. The Hall–Kier alpha value is -4.68. The molecule has 0 saturated carbocycles. The van der Waals surface area contributed by atoms with E-state index in [0.29, 0.717) is 17.0 Å². The number of thiazole rings is 1. The third kappa shape index (κ3) is 4.67. The van der Waals surface area contributed by atoms with Crippen LogP contribution in [0.4, 0.5) is 5.69 Å². The van der Waals surface area contributed by atoms with Crippen molar-refractivity contribution < 1.29 is 8.98 Å². The number of benzene rings is 3. The molecule has 0 bridgehead atoms. The summed E-state index contributed by atoms with van der Waals surface area (Å²) in [6.07, 6.45) is 11.8. The molecule has 3 heterocycles. The zero-order chi connectivity index (χ0) is 27.6. The number of rotatable bonds is 6. The molecule has 40 heavy (non-hydrogen) atoms. The van der Waals surface area contributed by atoms with E-state index in [-0.39, 0.29) is 5.56 Å². The lowest BCUT2D eigenvalue weighted by Gasteiger charge is -2.23. The van der Waals surface area contributed by atoms with Gasteiger partial charge in [-0.1, -0.05) is 66.7 Å². The van der Waals surface area contributed by atoms with Gasteiger partial charge in [-0.15, -0.1) is 17.9 Å². The Balaban J connectivity index is 1.47. The minimum Gasteiger partial charge on any atom is -0.398 e. The summed E-state index contributed by atoms with van der Waals surface area (Å²) in [5.41, 5.74) is 7.43. The van der Waals surface area contributed by atoms with Crippen molar-refractivity contribution in [2.45, 2.75) is 20.0 Å². The lowest BCUT2D eigenvalue weighted by Crippen LogP contribution is -2.35. The first-order chi connectivity index (χ1) is 19.6. The Morgan fingerprint density at radius 1 is 1.00 bits per heavy atom. The predicted molar refractivity (Wildman–Crippen MR) is 166 cm³/mol. The van der Waals surface area contributed by atoms with Crippen molar-refractivity contribution in [3.05, 3.63) is 135 Å². The molecule has 0 spiro atoms. The average Bonchev–Trinajstić information content (AvgIpc) is 3.49. The van der Waals surface area contributed by atoms with Crippen molar-refractivity contribution >= 4 is 45.8 Å². The lowest BCUT2D eigenvalue weighted by atomic mass is 10.00. The number of anilines is 1. The molecule has 6 heteroatoms. The zero-order valence-corrected chi connectivity index (χ0v) is 23.4. The Labute approximate surface area is 236 Å². The standard InChI is InChI=1S/C34H30N3O2S/c1-4-20-37-33(40-31(34(37)38)18-16-25-19-21-35(3)28-14-10-9-13-27(25)28)23-32-36(5-2)29-22-26(15-17-30(29)39-32)24-11-7-6-8-12-24/h4,6-19,21-23H,1,5,20H2,2-3H3/q+1. The fraction of sp³-hybridized carbons (Fsp3) is 0.118. The van der Waals surface area contributed by atoms with Gasteiger partial charge in [-0.3, -0.25) is 9.36 Å². The summed E-state index contributed by atoms with van der Waals surface area (Å²) in [6, 6.07) is 24.9. The molecule has 0 unspecified atom stereocenters. The van der Waals surface area contributed by atoms with Crippen LogP contribution >= 0.6 is 11.3 Å². The number of allylic oxidation sites excluding steroid dienone is 4. The minimum atomic E-state index is -0.0382. The molecule has 3 aromatic carbocycles. The highest BCUT2D eigenvalue weighted by Gasteiger charge is 2.21. The second kappa shape index (κ2) is 10.8. The Kier molecular flexibility index (Phi) is 6.93. The molecule has 1 aliphatic heterocycles. The van der Waals surface area contributed by atoms with E-state index in [1.54, 1.807) is 10.6 Å². The third-order valence-corrected chi connectivity index (χ3v) is 8.21. The first-order valence-corrected chi connectivity index (χ1v) is 14.2. The summed E-state index contributed by atoms with van der Waals surface area (Å²) in [5.74, 6) is 0.707. The molecule has 0 amide bonds. The summed E-state index contributed by atoms with van der Waals surface area (Å²) < 4.78 is 11.7. The molecule has 0 fully saturated rings. The van der Waals surface area contributed by atoms with Crippen molar-refractivity contribution in [1.29, 1.82) is 0 Å². The van der Waals surface area contributed by atoms with Crippen molar-refractivity contribution in [2.24, 2.45) is 0 Å². The van der Waals surface area contributed by atoms with Crippen LogP contribution in [0.15, 0.2) is 113 Å². The van der Waals surface area contributed by atoms with E-state index in [0.717, 1.165) is 50.3 Å². The molecule has 2 aromatic heterocycles. The molecule has 0 saturated heterocycles. The van der Waals surface area contributed by atoms with Gasteiger partial charge in [-0.05, 0) is 47.9 Å². The largest absolute Gasteiger partial charge is 0.398 e. The first-order valence-electron chi connectivity index (χ1n) is 13.3. The van der Waals surface area contributed by atoms with E-state index >= 15 is 0 Å². The lowest BCUT2D eigenvalue weighted by molar-refractivity contribution is -0.674. The van der Waals surface area contributed by atoms with Gasteiger partial charge in [-0.25, -0.2) is 0 Å². The summed E-state index contributed by atoms with van der Waals surface area (Å²) in [4.78, 5) is 15.5. The van der Waals surface area contributed by atoms with E-state index in [1.807, 2.05) is 67.9 Å². The number of para-hydroxylation sites is 1. The quantitative estimate of drug-likeness (QED) is 0.210. The van der Waals surface area contributed by atoms with Crippen molar-refractivity contribution in [3.8, 4) is 11.1 Å². The van der Waals surface area contributed by atoms with Crippen molar-refractivity contribution in [1.82, 2.24) is 4.57 Å². The fourth-order valence-corrected chi connectivity index (χ4v) is 6.09. The SMILES string of the molecule is C=CCn1c(=Cc2oc3ccc(-c4ccccc4)cc3[n+]2CC)sc(=CC=C2C=CN(C)c3ccccc32)c1=O. The fourth-order valence-electron chi connectivity index (χ4n) is 5.11. The Bertz CT molecular complexity index is 1970. The smallest absolute Gasteiger partial charge is 0.377 e. The maximum atomic E-state index is 13.4. The van der Waals surface area contributed by atoms with E-state index < -0.39 is 0 Å². The van der Waals surface area contributed by atoms with Gasteiger partial charge in [-0.2, -0.15) is 4.57 Å². The van der Waals surface area contributed by atoms with Crippen molar-refractivity contribution in [2.75, 3.05) is 11.9 Å². The van der Waals surface area contributed by atoms with Crippen LogP contribution in [0.1, 0.15) is 18.4 Å². The Morgan fingerprint density at radius 3 is 2.60 bits per heavy atom. The highest BCUT2D eigenvalue weighted by Crippen LogP contribution is 2.31. The molecule has 5 nitrogen and oxygen atoms in total. The van der Waals surface area contributed by atoms with Crippen LogP contribution in [0.25, 0.3) is 40.0 Å². The predicted octanol–water partition coefficient (Wildman–Crippen LogP) is 5.47. The number of aryl methyl sites for hydroxylation is 1. The molecule has 5 aromatic rings. The molecule has 0 radical (unpaired) electrons. The summed E-state index contributed by atoms with van der Waals surface area (Å²) in [7, 11) is 2.04. The van der Waals surface area contributed by atoms with Gasteiger partial charge in [0.15, 0.2) is 0 Å². The van der Waals surface area contributed by atoms with Crippen LogP contribution in [-0.4, -0.2) is 11.6 Å². The molecular weight excluding hydrogens is 514 g/mol.